The molecule has 1 fully saturated rings. The standard InChI is InChI=1S/C26H31F2N3O4/c1-33-11-10-31-15-20(19-13-22(34-2)25(35-3)23(28)24(19)31)26(32)30-8-6-17(7-9-30)18-12-16(14-29)4-5-21(18)27/h4-5,12-13,15,17H,6-11,14,29H2,1-3H3. The quantitative estimate of drug-likeness (QED) is 0.519. The van der Waals surface area contributed by atoms with Crippen molar-refractivity contribution in [2.75, 3.05) is 41.0 Å². The molecule has 2 aromatic carbocycles. The molecular weight excluding hydrogens is 456 g/mol. The number of benzene rings is 2. The summed E-state index contributed by atoms with van der Waals surface area (Å²) >= 11 is 0. The van der Waals surface area contributed by atoms with Crippen LogP contribution in [0.25, 0.3) is 10.9 Å². The molecule has 3 aromatic rings. The maximum atomic E-state index is 15.4. The van der Waals surface area contributed by atoms with Crippen LogP contribution in [0.3, 0.4) is 0 Å². The van der Waals surface area contributed by atoms with E-state index in [1.165, 1.54) is 20.3 Å². The molecule has 0 aliphatic carbocycles. The van der Waals surface area contributed by atoms with Crippen molar-refractivity contribution in [1.29, 1.82) is 0 Å². The molecule has 0 bridgehead atoms. The van der Waals surface area contributed by atoms with Gasteiger partial charge < -0.3 is 29.4 Å². The van der Waals surface area contributed by atoms with Crippen molar-refractivity contribution in [2.45, 2.75) is 31.8 Å². The van der Waals surface area contributed by atoms with E-state index >= 15 is 4.39 Å². The van der Waals surface area contributed by atoms with Crippen LogP contribution in [0.1, 0.15) is 40.2 Å². The van der Waals surface area contributed by atoms with Gasteiger partial charge in [0.2, 0.25) is 0 Å². The number of rotatable bonds is 8. The fourth-order valence-corrected chi connectivity index (χ4v) is 4.85. The zero-order valence-corrected chi connectivity index (χ0v) is 20.3. The normalized spacial score (nSPS) is 14.5. The molecule has 1 saturated heterocycles. The van der Waals surface area contributed by atoms with E-state index in [1.54, 1.807) is 34.9 Å². The molecule has 1 aliphatic heterocycles. The maximum absolute atomic E-state index is 15.4. The van der Waals surface area contributed by atoms with Crippen molar-refractivity contribution in [3.63, 3.8) is 0 Å². The van der Waals surface area contributed by atoms with E-state index in [9.17, 15) is 9.18 Å². The Morgan fingerprint density at radius 3 is 2.49 bits per heavy atom. The lowest BCUT2D eigenvalue weighted by atomic mass is 9.88. The van der Waals surface area contributed by atoms with Gasteiger partial charge in [-0.1, -0.05) is 12.1 Å². The topological polar surface area (TPSA) is 79.0 Å². The van der Waals surface area contributed by atoms with E-state index < -0.39 is 5.82 Å². The van der Waals surface area contributed by atoms with Crippen LogP contribution in [0.4, 0.5) is 8.78 Å². The smallest absolute Gasteiger partial charge is 0.256 e. The fraction of sp³-hybridized carbons (Fsp3) is 0.423. The summed E-state index contributed by atoms with van der Waals surface area (Å²) < 4.78 is 47.3. The SMILES string of the molecule is COCCn1cc(C(=O)N2CCC(c3cc(CN)ccc3F)CC2)c2cc(OC)c(OC)c(F)c21. The van der Waals surface area contributed by atoms with Gasteiger partial charge in [-0.15, -0.1) is 0 Å². The van der Waals surface area contributed by atoms with Gasteiger partial charge in [-0.3, -0.25) is 4.79 Å². The number of amides is 1. The van der Waals surface area contributed by atoms with Crippen LogP contribution < -0.4 is 15.2 Å². The van der Waals surface area contributed by atoms with Crippen molar-refractivity contribution in [2.24, 2.45) is 5.73 Å². The molecule has 0 saturated carbocycles. The largest absolute Gasteiger partial charge is 0.493 e. The lowest BCUT2D eigenvalue weighted by Crippen LogP contribution is -2.38. The minimum atomic E-state index is -0.592. The summed E-state index contributed by atoms with van der Waals surface area (Å²) in [6.45, 7) is 2.00. The molecule has 1 aliphatic rings. The second kappa shape index (κ2) is 10.6. The number of ether oxygens (including phenoxy) is 3. The Bertz CT molecular complexity index is 1220. The molecule has 1 amide bonds. The maximum Gasteiger partial charge on any atom is 0.256 e. The van der Waals surface area contributed by atoms with E-state index in [-0.39, 0.29) is 34.7 Å². The molecular formula is C26H31F2N3O4. The number of likely N-dealkylation sites (tertiary alicyclic amines) is 1. The first kappa shape index (κ1) is 24.9. The van der Waals surface area contributed by atoms with E-state index in [0.29, 0.717) is 62.1 Å². The zero-order valence-electron chi connectivity index (χ0n) is 20.3. The Balaban J connectivity index is 1.63. The summed E-state index contributed by atoms with van der Waals surface area (Å²) in [5.74, 6) is -0.832. The highest BCUT2D eigenvalue weighted by Gasteiger charge is 2.30. The van der Waals surface area contributed by atoms with Gasteiger partial charge in [-0.05, 0) is 42.0 Å². The molecule has 4 rings (SSSR count). The molecule has 0 spiro atoms. The lowest BCUT2D eigenvalue weighted by molar-refractivity contribution is 0.0714. The Labute approximate surface area is 203 Å². The number of hydrogen-bond acceptors (Lipinski definition) is 5. The number of halogens is 2. The molecule has 0 atom stereocenters. The first-order valence-electron chi connectivity index (χ1n) is 11.6. The summed E-state index contributed by atoms with van der Waals surface area (Å²) in [7, 11) is 4.36. The molecule has 9 heteroatoms. The second-order valence-electron chi connectivity index (χ2n) is 8.68. The van der Waals surface area contributed by atoms with Crippen LogP contribution in [-0.2, 0) is 17.8 Å². The van der Waals surface area contributed by atoms with Gasteiger partial charge in [-0.25, -0.2) is 8.78 Å². The van der Waals surface area contributed by atoms with E-state index in [2.05, 4.69) is 0 Å². The summed E-state index contributed by atoms with van der Waals surface area (Å²) in [6.07, 6.45) is 2.92. The molecule has 1 aromatic heterocycles. The van der Waals surface area contributed by atoms with E-state index in [4.69, 9.17) is 19.9 Å². The zero-order chi connectivity index (χ0) is 25.1. The molecule has 7 nitrogen and oxygen atoms in total. The molecule has 2 heterocycles. The molecule has 188 valence electrons. The minimum absolute atomic E-state index is 0.00962. The number of piperidine rings is 1. The van der Waals surface area contributed by atoms with Crippen LogP contribution in [0, 0.1) is 11.6 Å². The average Bonchev–Trinajstić information content (AvgIpc) is 3.25. The Morgan fingerprint density at radius 1 is 1.11 bits per heavy atom. The summed E-state index contributed by atoms with van der Waals surface area (Å²) in [6, 6.07) is 6.61. The third-order valence-electron chi connectivity index (χ3n) is 6.73. The number of carbonyl (C=O) groups is 1. The first-order chi connectivity index (χ1) is 16.9. The Hall–Kier alpha value is -3.17. The summed E-state index contributed by atoms with van der Waals surface area (Å²) in [5, 5.41) is 0.449. The second-order valence-corrected chi connectivity index (χ2v) is 8.68. The highest BCUT2D eigenvalue weighted by Crippen LogP contribution is 2.39. The first-order valence-corrected chi connectivity index (χ1v) is 11.6. The predicted molar refractivity (Wildman–Crippen MR) is 129 cm³/mol. The van der Waals surface area contributed by atoms with Crippen molar-refractivity contribution < 1.29 is 27.8 Å². The van der Waals surface area contributed by atoms with Gasteiger partial charge >= 0.3 is 0 Å². The van der Waals surface area contributed by atoms with Crippen molar-refractivity contribution in [3.05, 3.63) is 58.8 Å². The molecule has 35 heavy (non-hydrogen) atoms. The van der Waals surface area contributed by atoms with Crippen LogP contribution in [0.2, 0.25) is 0 Å². The van der Waals surface area contributed by atoms with Crippen molar-refractivity contribution >= 4 is 16.8 Å². The van der Waals surface area contributed by atoms with Crippen LogP contribution in [0.5, 0.6) is 11.5 Å². The van der Waals surface area contributed by atoms with Gasteiger partial charge in [0.1, 0.15) is 5.82 Å². The monoisotopic (exact) mass is 487 g/mol. The number of hydrogen-bond donors (Lipinski definition) is 1. The number of fused-ring (bicyclic) bond motifs is 1. The van der Waals surface area contributed by atoms with E-state index in [1.807, 2.05) is 6.07 Å². The van der Waals surface area contributed by atoms with Crippen molar-refractivity contribution in [1.82, 2.24) is 9.47 Å². The minimum Gasteiger partial charge on any atom is -0.493 e. The summed E-state index contributed by atoms with van der Waals surface area (Å²) in [4.78, 5) is 15.3. The van der Waals surface area contributed by atoms with Gasteiger partial charge in [0.15, 0.2) is 17.3 Å². The number of methoxy groups -OCH3 is 3. The van der Waals surface area contributed by atoms with E-state index in [0.717, 1.165) is 5.56 Å². The number of nitrogens with two attached hydrogens (primary N) is 1. The van der Waals surface area contributed by atoms with Gasteiger partial charge in [0, 0.05) is 44.9 Å². The van der Waals surface area contributed by atoms with Crippen LogP contribution in [-0.4, -0.2) is 56.4 Å². The average molecular weight is 488 g/mol. The number of carbonyl (C=O) groups excluding carboxylic acids is 1. The molecule has 2 N–H and O–H groups in total. The number of aromatic nitrogens is 1. The fourth-order valence-electron chi connectivity index (χ4n) is 4.85. The Morgan fingerprint density at radius 2 is 1.86 bits per heavy atom. The van der Waals surface area contributed by atoms with Crippen LogP contribution in [0.15, 0.2) is 30.5 Å². The molecule has 0 unspecified atom stereocenters. The predicted octanol–water partition coefficient (Wildman–Crippen LogP) is 4.06. The van der Waals surface area contributed by atoms with Gasteiger partial charge in [0.05, 0.1) is 31.9 Å². The third kappa shape index (κ3) is 4.70. The molecule has 0 radical (unpaired) electrons. The third-order valence-corrected chi connectivity index (χ3v) is 6.73. The van der Waals surface area contributed by atoms with Gasteiger partial charge in [-0.2, -0.15) is 0 Å². The highest BCUT2D eigenvalue weighted by atomic mass is 19.1. The lowest BCUT2D eigenvalue weighted by Gasteiger charge is -2.32. The summed E-state index contributed by atoms with van der Waals surface area (Å²) in [5.41, 5.74) is 7.90. The Kier molecular flexibility index (Phi) is 7.57. The van der Waals surface area contributed by atoms with Crippen molar-refractivity contribution in [3.8, 4) is 11.5 Å². The number of nitrogens with zero attached hydrogens (tertiary/aromatic N) is 2. The van der Waals surface area contributed by atoms with Crippen LogP contribution >= 0.6 is 0 Å². The van der Waals surface area contributed by atoms with Gasteiger partial charge in [0.25, 0.3) is 5.91 Å². The highest BCUT2D eigenvalue weighted by molar-refractivity contribution is 6.08.